The minimum Gasteiger partial charge on any atom is -0.486 e. The zero-order chi connectivity index (χ0) is 21.6. The van der Waals surface area contributed by atoms with Crippen molar-refractivity contribution < 1.29 is 9.53 Å². The molecule has 0 unspecified atom stereocenters. The zero-order valence-corrected chi connectivity index (χ0v) is 19.3. The van der Waals surface area contributed by atoms with Crippen molar-refractivity contribution in [1.82, 2.24) is 14.8 Å². The summed E-state index contributed by atoms with van der Waals surface area (Å²) in [6.07, 6.45) is 0. The van der Waals surface area contributed by atoms with Crippen molar-refractivity contribution in [2.45, 2.75) is 25.2 Å². The molecule has 4 aromatic rings. The Balaban J connectivity index is 1.37. The molecule has 1 aromatic heterocycles. The maximum atomic E-state index is 12.6. The molecule has 6 nitrogen and oxygen atoms in total. The molecule has 1 heterocycles. The number of ether oxygens (including phenoxy) is 1. The molecule has 0 radical (unpaired) electrons. The first-order chi connectivity index (χ1) is 15.1. The highest BCUT2D eigenvalue weighted by Crippen LogP contribution is 2.24. The number of nitrogens with one attached hydrogen (secondary N) is 1. The molecular weight excluding hydrogens is 476 g/mol. The van der Waals surface area contributed by atoms with E-state index >= 15 is 0 Å². The highest BCUT2D eigenvalue weighted by molar-refractivity contribution is 9.10. The smallest absolute Gasteiger partial charge is 0.234 e. The van der Waals surface area contributed by atoms with Crippen molar-refractivity contribution in [2.75, 3.05) is 11.1 Å². The average Bonchev–Trinajstić information content (AvgIpc) is 3.19. The van der Waals surface area contributed by atoms with E-state index in [1.165, 1.54) is 11.8 Å². The summed E-state index contributed by atoms with van der Waals surface area (Å²) in [7, 11) is 0. The molecule has 0 saturated carbocycles. The van der Waals surface area contributed by atoms with Gasteiger partial charge in [-0.15, -0.1) is 10.2 Å². The van der Waals surface area contributed by atoms with Gasteiger partial charge in [0.2, 0.25) is 5.91 Å². The van der Waals surface area contributed by atoms with E-state index in [1.54, 1.807) is 0 Å². The first-order valence-corrected chi connectivity index (χ1v) is 11.6. The second-order valence-electron chi connectivity index (χ2n) is 6.75. The fraction of sp³-hybridized carbons (Fsp3) is 0.174. The van der Waals surface area contributed by atoms with E-state index in [0.29, 0.717) is 18.3 Å². The highest BCUT2D eigenvalue weighted by Gasteiger charge is 2.14. The lowest BCUT2D eigenvalue weighted by Gasteiger charge is -2.10. The van der Waals surface area contributed by atoms with Crippen molar-refractivity contribution >= 4 is 50.1 Å². The molecular formula is C23H21BrN4O2S. The van der Waals surface area contributed by atoms with Gasteiger partial charge in [0.15, 0.2) is 11.0 Å². The number of rotatable bonds is 8. The quantitative estimate of drug-likeness (QED) is 0.325. The van der Waals surface area contributed by atoms with Gasteiger partial charge < -0.3 is 14.6 Å². The van der Waals surface area contributed by atoms with E-state index in [1.807, 2.05) is 78.2 Å². The van der Waals surface area contributed by atoms with Gasteiger partial charge in [-0.25, -0.2) is 0 Å². The minimum absolute atomic E-state index is 0.0836. The SMILES string of the molecule is CCn1c(COc2ccc(Br)cc2)nnc1SCC(=O)Nc1cccc2ccccc12. The molecule has 0 aliphatic carbocycles. The Hall–Kier alpha value is -2.84. The summed E-state index contributed by atoms with van der Waals surface area (Å²) in [5.41, 5.74) is 0.809. The number of aromatic nitrogens is 3. The summed E-state index contributed by atoms with van der Waals surface area (Å²) in [6, 6.07) is 21.5. The fourth-order valence-corrected chi connectivity index (χ4v) is 4.27. The molecule has 158 valence electrons. The number of hydrogen-bond acceptors (Lipinski definition) is 5. The lowest BCUT2D eigenvalue weighted by Crippen LogP contribution is -2.15. The van der Waals surface area contributed by atoms with Crippen molar-refractivity contribution in [2.24, 2.45) is 0 Å². The number of nitrogens with zero attached hydrogens (tertiary/aromatic N) is 3. The molecule has 3 aromatic carbocycles. The maximum absolute atomic E-state index is 12.6. The Kier molecular flexibility index (Phi) is 6.89. The van der Waals surface area contributed by atoms with Crippen LogP contribution in [0.15, 0.2) is 76.4 Å². The molecule has 8 heteroatoms. The number of carbonyl (C=O) groups is 1. The number of amides is 1. The summed E-state index contributed by atoms with van der Waals surface area (Å²) in [4.78, 5) is 12.6. The molecule has 0 saturated heterocycles. The van der Waals surface area contributed by atoms with Crippen LogP contribution in [0.4, 0.5) is 5.69 Å². The van der Waals surface area contributed by atoms with Crippen LogP contribution in [0.3, 0.4) is 0 Å². The average molecular weight is 497 g/mol. The van der Waals surface area contributed by atoms with Crippen LogP contribution in [0.1, 0.15) is 12.7 Å². The topological polar surface area (TPSA) is 69.0 Å². The third-order valence-electron chi connectivity index (χ3n) is 4.69. The van der Waals surface area contributed by atoms with Crippen LogP contribution in [0.25, 0.3) is 10.8 Å². The van der Waals surface area contributed by atoms with Gasteiger partial charge >= 0.3 is 0 Å². The van der Waals surface area contributed by atoms with Crippen LogP contribution in [0.5, 0.6) is 5.75 Å². The predicted octanol–water partition coefficient (Wildman–Crippen LogP) is 5.52. The molecule has 0 aliphatic heterocycles. The number of benzene rings is 3. The van der Waals surface area contributed by atoms with Gasteiger partial charge in [0.05, 0.1) is 5.75 Å². The van der Waals surface area contributed by atoms with E-state index < -0.39 is 0 Å². The molecule has 0 aliphatic rings. The van der Waals surface area contributed by atoms with Crippen LogP contribution in [0.2, 0.25) is 0 Å². The van der Waals surface area contributed by atoms with E-state index in [0.717, 1.165) is 32.5 Å². The van der Waals surface area contributed by atoms with Crippen molar-refractivity contribution in [1.29, 1.82) is 0 Å². The number of halogens is 1. The zero-order valence-electron chi connectivity index (χ0n) is 16.9. The van der Waals surface area contributed by atoms with Gasteiger partial charge in [-0.2, -0.15) is 0 Å². The molecule has 0 spiro atoms. The van der Waals surface area contributed by atoms with Crippen LogP contribution in [-0.2, 0) is 17.9 Å². The van der Waals surface area contributed by atoms with Crippen LogP contribution < -0.4 is 10.1 Å². The monoisotopic (exact) mass is 496 g/mol. The molecule has 0 fully saturated rings. The van der Waals surface area contributed by atoms with Crippen LogP contribution in [-0.4, -0.2) is 26.4 Å². The largest absolute Gasteiger partial charge is 0.486 e. The van der Waals surface area contributed by atoms with Crippen LogP contribution in [0, 0.1) is 0 Å². The van der Waals surface area contributed by atoms with Gasteiger partial charge in [-0.3, -0.25) is 4.79 Å². The van der Waals surface area contributed by atoms with E-state index in [-0.39, 0.29) is 11.7 Å². The molecule has 31 heavy (non-hydrogen) atoms. The first-order valence-electron chi connectivity index (χ1n) is 9.85. The standard InChI is InChI=1S/C23H21BrN4O2S/c1-2-28-21(14-30-18-12-10-17(24)11-13-18)26-27-23(28)31-15-22(29)25-20-9-5-7-16-6-3-4-8-19(16)20/h3-13H,2,14-15H2,1H3,(H,25,29). The fourth-order valence-electron chi connectivity index (χ4n) is 3.18. The van der Waals surface area contributed by atoms with Crippen molar-refractivity contribution in [3.8, 4) is 5.75 Å². The van der Waals surface area contributed by atoms with Crippen LogP contribution >= 0.6 is 27.7 Å². The maximum Gasteiger partial charge on any atom is 0.234 e. The third kappa shape index (κ3) is 5.26. The number of hydrogen-bond donors (Lipinski definition) is 1. The van der Waals surface area contributed by atoms with Gasteiger partial charge in [0.1, 0.15) is 12.4 Å². The Labute approximate surface area is 193 Å². The summed E-state index contributed by atoms with van der Waals surface area (Å²) in [5.74, 6) is 1.65. The Morgan fingerprint density at radius 3 is 2.65 bits per heavy atom. The Morgan fingerprint density at radius 2 is 1.84 bits per heavy atom. The Bertz CT molecular complexity index is 1190. The number of fused-ring (bicyclic) bond motifs is 1. The Morgan fingerprint density at radius 1 is 1.06 bits per heavy atom. The molecule has 1 N–H and O–H groups in total. The number of anilines is 1. The normalized spacial score (nSPS) is 10.9. The van der Waals surface area contributed by atoms with Crippen molar-refractivity contribution in [3.05, 3.63) is 77.0 Å². The summed E-state index contributed by atoms with van der Waals surface area (Å²) >= 11 is 4.78. The summed E-state index contributed by atoms with van der Waals surface area (Å²) in [5, 5.41) is 14.3. The van der Waals surface area contributed by atoms with Gasteiger partial charge in [0.25, 0.3) is 0 Å². The summed E-state index contributed by atoms with van der Waals surface area (Å²) < 4.78 is 8.78. The van der Waals surface area contributed by atoms with Gasteiger partial charge in [0, 0.05) is 22.1 Å². The van der Waals surface area contributed by atoms with Gasteiger partial charge in [-0.1, -0.05) is 64.1 Å². The molecule has 0 atom stereocenters. The van der Waals surface area contributed by atoms with Crippen molar-refractivity contribution in [3.63, 3.8) is 0 Å². The molecule has 1 amide bonds. The van der Waals surface area contributed by atoms with E-state index in [9.17, 15) is 4.79 Å². The second-order valence-corrected chi connectivity index (χ2v) is 8.61. The number of thioether (sulfide) groups is 1. The predicted molar refractivity (Wildman–Crippen MR) is 127 cm³/mol. The van der Waals surface area contributed by atoms with E-state index in [4.69, 9.17) is 4.74 Å². The number of carbonyl (C=O) groups excluding carboxylic acids is 1. The first kappa shape index (κ1) is 21.4. The lowest BCUT2D eigenvalue weighted by atomic mass is 10.1. The lowest BCUT2D eigenvalue weighted by molar-refractivity contribution is -0.113. The molecule has 4 rings (SSSR count). The van der Waals surface area contributed by atoms with Gasteiger partial charge in [-0.05, 0) is 42.6 Å². The minimum atomic E-state index is -0.0836. The third-order valence-corrected chi connectivity index (χ3v) is 6.18. The summed E-state index contributed by atoms with van der Waals surface area (Å²) in [6.45, 7) is 3.03. The highest BCUT2D eigenvalue weighted by atomic mass is 79.9. The second kappa shape index (κ2) is 9.98. The molecule has 0 bridgehead atoms. The van der Waals surface area contributed by atoms with E-state index in [2.05, 4.69) is 31.4 Å².